The largest absolute Gasteiger partial charge is 0.423 e. The van der Waals surface area contributed by atoms with Crippen molar-refractivity contribution >= 4 is 23.8 Å². The third kappa shape index (κ3) is 5.32. The minimum atomic E-state index is -0.703. The number of carbonyl (C=O) groups excluding carboxylic acids is 1. The Hall–Kier alpha value is -4.34. The van der Waals surface area contributed by atoms with E-state index in [9.17, 15) is 19.7 Å². The van der Waals surface area contributed by atoms with Crippen LogP contribution in [0.15, 0.2) is 64.5 Å². The van der Waals surface area contributed by atoms with Crippen molar-refractivity contribution < 1.29 is 14.5 Å². The number of esters is 1. The van der Waals surface area contributed by atoms with Crippen molar-refractivity contribution in [3.05, 3.63) is 91.9 Å². The Balaban J connectivity index is 1.62. The third-order valence-corrected chi connectivity index (χ3v) is 3.64. The molecular weight excluding hydrogens is 378 g/mol. The predicted octanol–water partition coefficient (Wildman–Crippen LogP) is 2.65. The van der Waals surface area contributed by atoms with Crippen LogP contribution in [-0.4, -0.2) is 27.1 Å². The third-order valence-electron chi connectivity index (χ3n) is 3.64. The maximum absolute atomic E-state index is 12.1. The molecule has 0 fully saturated rings. The zero-order valence-electron chi connectivity index (χ0n) is 15.2. The van der Waals surface area contributed by atoms with Gasteiger partial charge in [-0.15, -0.1) is 0 Å². The number of hydrazone groups is 1. The van der Waals surface area contributed by atoms with Gasteiger partial charge in [-0.25, -0.2) is 15.2 Å². The molecule has 10 nitrogen and oxygen atoms in total. The summed E-state index contributed by atoms with van der Waals surface area (Å²) in [4.78, 5) is 40.3. The van der Waals surface area contributed by atoms with E-state index in [-0.39, 0.29) is 28.5 Å². The molecule has 0 bridgehead atoms. The Bertz CT molecular complexity index is 1140. The molecule has 3 aromatic rings. The predicted molar refractivity (Wildman–Crippen MR) is 105 cm³/mol. The zero-order valence-corrected chi connectivity index (χ0v) is 15.2. The number of ether oxygens (including phenoxy) is 1. The topological polar surface area (TPSA) is 140 Å². The number of nitro groups is 1. The molecule has 0 aliphatic rings. The smallest absolute Gasteiger partial charge is 0.343 e. The summed E-state index contributed by atoms with van der Waals surface area (Å²) in [7, 11) is 0. The first-order valence-electron chi connectivity index (χ1n) is 8.34. The molecule has 29 heavy (non-hydrogen) atoms. The molecule has 0 aliphatic carbocycles. The van der Waals surface area contributed by atoms with Crippen LogP contribution in [0.4, 0.5) is 11.6 Å². The Morgan fingerprint density at radius 2 is 2.00 bits per heavy atom. The number of aromatic amines is 1. The summed E-state index contributed by atoms with van der Waals surface area (Å²) in [5.74, 6) is -0.212. The molecule has 0 amide bonds. The molecule has 0 saturated carbocycles. The van der Waals surface area contributed by atoms with E-state index in [0.717, 1.165) is 6.07 Å². The number of hydrogen-bond donors (Lipinski definition) is 2. The van der Waals surface area contributed by atoms with Gasteiger partial charge in [0, 0.05) is 23.9 Å². The minimum Gasteiger partial charge on any atom is -0.423 e. The average Bonchev–Trinajstić information content (AvgIpc) is 2.68. The molecule has 0 saturated heterocycles. The highest BCUT2D eigenvalue weighted by Crippen LogP contribution is 2.17. The zero-order chi connectivity index (χ0) is 20.8. The van der Waals surface area contributed by atoms with E-state index in [4.69, 9.17) is 4.74 Å². The molecule has 0 spiro atoms. The average molecular weight is 393 g/mol. The number of nitro benzene ring substituents is 1. The summed E-state index contributed by atoms with van der Waals surface area (Å²) in [5, 5.41) is 14.8. The first kappa shape index (κ1) is 19.4. The van der Waals surface area contributed by atoms with Gasteiger partial charge in [0.2, 0.25) is 5.95 Å². The first-order valence-corrected chi connectivity index (χ1v) is 8.34. The van der Waals surface area contributed by atoms with Crippen molar-refractivity contribution in [1.82, 2.24) is 9.97 Å². The maximum Gasteiger partial charge on any atom is 0.343 e. The number of aromatic nitrogens is 2. The first-order chi connectivity index (χ1) is 13.9. The van der Waals surface area contributed by atoms with E-state index in [1.165, 1.54) is 30.5 Å². The van der Waals surface area contributed by atoms with Crippen molar-refractivity contribution in [1.29, 1.82) is 0 Å². The highest BCUT2D eigenvalue weighted by atomic mass is 16.6. The fourth-order valence-electron chi connectivity index (χ4n) is 2.33. The SMILES string of the molecule is Cc1cc(=O)[nH]c(N/N=C/c2ccc(OC(=O)c3cccc([N+](=O)[O-])c3)cc2)n1. The summed E-state index contributed by atoms with van der Waals surface area (Å²) in [6, 6.07) is 13.1. The van der Waals surface area contributed by atoms with Crippen molar-refractivity contribution in [2.75, 3.05) is 5.43 Å². The summed E-state index contributed by atoms with van der Waals surface area (Å²) in [5.41, 5.74) is 3.47. The molecular formula is C19H15N5O5. The van der Waals surface area contributed by atoms with Gasteiger partial charge in [0.1, 0.15) is 5.75 Å². The molecule has 1 aromatic heterocycles. The summed E-state index contributed by atoms with van der Waals surface area (Å²) in [6.45, 7) is 1.69. The number of nitrogens with zero attached hydrogens (tertiary/aromatic N) is 3. The van der Waals surface area contributed by atoms with Crippen LogP contribution in [0, 0.1) is 17.0 Å². The molecule has 0 aliphatic heterocycles. The molecule has 146 valence electrons. The molecule has 2 N–H and O–H groups in total. The lowest BCUT2D eigenvalue weighted by molar-refractivity contribution is -0.384. The fourth-order valence-corrected chi connectivity index (χ4v) is 2.33. The standard InChI is InChI=1S/C19H15N5O5/c1-12-9-17(25)22-19(21-12)23-20-11-13-5-7-16(8-6-13)29-18(26)14-3-2-4-15(10-14)24(27)28/h2-11H,1H3,(H2,21,22,23,25)/b20-11+. The lowest BCUT2D eigenvalue weighted by atomic mass is 10.2. The van der Waals surface area contributed by atoms with Crippen LogP contribution in [0.3, 0.4) is 0 Å². The number of H-pyrrole nitrogens is 1. The van der Waals surface area contributed by atoms with Gasteiger partial charge in [-0.05, 0) is 42.8 Å². The van der Waals surface area contributed by atoms with Crippen LogP contribution < -0.4 is 15.7 Å². The van der Waals surface area contributed by atoms with Crippen molar-refractivity contribution in [3.8, 4) is 5.75 Å². The van der Waals surface area contributed by atoms with E-state index >= 15 is 0 Å². The van der Waals surface area contributed by atoms with Crippen molar-refractivity contribution in [2.45, 2.75) is 6.92 Å². The molecule has 2 aromatic carbocycles. The van der Waals surface area contributed by atoms with Gasteiger partial charge < -0.3 is 4.74 Å². The normalized spacial score (nSPS) is 10.7. The molecule has 0 radical (unpaired) electrons. The number of hydrogen-bond acceptors (Lipinski definition) is 8. The Labute approximate surface area is 164 Å². The van der Waals surface area contributed by atoms with E-state index in [2.05, 4.69) is 20.5 Å². The number of carbonyl (C=O) groups is 1. The lowest BCUT2D eigenvalue weighted by Gasteiger charge is -2.04. The van der Waals surface area contributed by atoms with Crippen molar-refractivity contribution in [2.24, 2.45) is 5.10 Å². The molecule has 0 atom stereocenters. The second-order valence-corrected chi connectivity index (χ2v) is 5.87. The van der Waals surface area contributed by atoms with Gasteiger partial charge in [0.05, 0.1) is 16.7 Å². The van der Waals surface area contributed by atoms with Gasteiger partial charge in [-0.3, -0.25) is 19.9 Å². The van der Waals surface area contributed by atoms with Crippen LogP contribution in [0.2, 0.25) is 0 Å². The number of anilines is 1. The van der Waals surface area contributed by atoms with Crippen molar-refractivity contribution in [3.63, 3.8) is 0 Å². The van der Waals surface area contributed by atoms with Gasteiger partial charge in [0.15, 0.2) is 0 Å². The number of nitrogens with one attached hydrogen (secondary N) is 2. The van der Waals surface area contributed by atoms with Gasteiger partial charge in [-0.2, -0.15) is 5.10 Å². The monoisotopic (exact) mass is 393 g/mol. The van der Waals surface area contributed by atoms with Crippen LogP contribution in [-0.2, 0) is 0 Å². The second kappa shape index (κ2) is 8.57. The van der Waals surface area contributed by atoms with Crippen LogP contribution in [0.25, 0.3) is 0 Å². The van der Waals surface area contributed by atoms with Gasteiger partial charge >= 0.3 is 5.97 Å². The molecule has 1 heterocycles. The summed E-state index contributed by atoms with van der Waals surface area (Å²) >= 11 is 0. The summed E-state index contributed by atoms with van der Waals surface area (Å²) in [6.07, 6.45) is 1.49. The van der Waals surface area contributed by atoms with E-state index < -0.39 is 10.9 Å². The highest BCUT2D eigenvalue weighted by Gasteiger charge is 2.13. The lowest BCUT2D eigenvalue weighted by Crippen LogP contribution is -2.10. The number of benzene rings is 2. The molecule has 10 heteroatoms. The Morgan fingerprint density at radius 3 is 2.69 bits per heavy atom. The van der Waals surface area contributed by atoms with Crippen LogP contribution in [0.5, 0.6) is 5.75 Å². The summed E-state index contributed by atoms with van der Waals surface area (Å²) < 4.78 is 5.22. The maximum atomic E-state index is 12.1. The van der Waals surface area contributed by atoms with Crippen LogP contribution >= 0.6 is 0 Å². The molecule has 3 rings (SSSR count). The Kier molecular flexibility index (Phi) is 5.74. The fraction of sp³-hybridized carbons (Fsp3) is 0.0526. The second-order valence-electron chi connectivity index (χ2n) is 5.87. The number of rotatable bonds is 6. The van der Waals surface area contributed by atoms with E-state index in [0.29, 0.717) is 11.3 Å². The Morgan fingerprint density at radius 1 is 1.24 bits per heavy atom. The molecule has 0 unspecified atom stereocenters. The van der Waals surface area contributed by atoms with E-state index in [1.807, 2.05) is 0 Å². The highest BCUT2D eigenvalue weighted by molar-refractivity contribution is 5.91. The van der Waals surface area contributed by atoms with E-state index in [1.54, 1.807) is 31.2 Å². The number of non-ortho nitro benzene ring substituents is 1. The van der Waals surface area contributed by atoms with Crippen LogP contribution in [0.1, 0.15) is 21.6 Å². The van der Waals surface area contributed by atoms with Gasteiger partial charge in [0.25, 0.3) is 11.2 Å². The minimum absolute atomic E-state index is 0.0775. The number of aryl methyl sites for hydroxylation is 1. The quantitative estimate of drug-likeness (QED) is 0.216. The van der Waals surface area contributed by atoms with Gasteiger partial charge in [-0.1, -0.05) is 6.07 Å².